The van der Waals surface area contributed by atoms with E-state index in [1.165, 1.54) is 51.5 Å². The average Bonchev–Trinajstić information content (AvgIpc) is 3.35. The highest BCUT2D eigenvalue weighted by Crippen LogP contribution is 2.47. The lowest BCUT2D eigenvalue weighted by molar-refractivity contribution is -0.141. The van der Waals surface area contributed by atoms with Crippen molar-refractivity contribution in [1.82, 2.24) is 49.8 Å². The molecule has 0 amide bonds. The fraction of sp³-hybridized carbons (Fsp3) is 0.500. The van der Waals surface area contributed by atoms with Crippen LogP contribution in [0, 0.1) is 12.7 Å². The van der Waals surface area contributed by atoms with Gasteiger partial charge in [-0.25, -0.2) is 19.3 Å². The van der Waals surface area contributed by atoms with Crippen molar-refractivity contribution in [2.45, 2.75) is 167 Å². The molecule has 6 aliphatic carbocycles. The van der Waals surface area contributed by atoms with Gasteiger partial charge in [-0.15, -0.1) is 0 Å². The van der Waals surface area contributed by atoms with Gasteiger partial charge in [0, 0.05) is 95.6 Å². The van der Waals surface area contributed by atoms with Crippen molar-refractivity contribution in [1.29, 1.82) is 0 Å². The normalized spacial score (nSPS) is 27.8. The molecule has 0 spiro atoms. The summed E-state index contributed by atoms with van der Waals surface area (Å²) in [6, 6.07) is 5.78. The van der Waals surface area contributed by atoms with E-state index in [-0.39, 0.29) is 17.7 Å². The van der Waals surface area contributed by atoms with E-state index in [4.69, 9.17) is 0 Å². The van der Waals surface area contributed by atoms with Gasteiger partial charge in [-0.2, -0.15) is 13.2 Å². The highest BCUT2D eigenvalue weighted by Gasteiger charge is 2.40. The van der Waals surface area contributed by atoms with Crippen LogP contribution in [0.4, 0.5) is 17.6 Å². The van der Waals surface area contributed by atoms with Crippen LogP contribution < -0.4 is 0 Å². The minimum atomic E-state index is -4.39. The molecule has 6 aromatic heterocycles. The fourth-order valence-electron chi connectivity index (χ4n) is 9.34. The quantitative estimate of drug-likeness (QED) is 0.136. The molecule has 10 nitrogen and oxygen atoms in total. The molecule has 6 aromatic rings. The molecule has 12 unspecified atom stereocenters. The van der Waals surface area contributed by atoms with Gasteiger partial charge in [-0.05, 0) is 53.5 Å². The van der Waals surface area contributed by atoms with E-state index in [2.05, 4.69) is 125 Å². The Balaban J connectivity index is 0.000000118. The molecular weight excluding hydrogens is 841 g/mol. The van der Waals surface area contributed by atoms with E-state index >= 15 is 0 Å². The van der Waals surface area contributed by atoms with Gasteiger partial charge < -0.3 is 0 Å². The van der Waals surface area contributed by atoms with E-state index in [1.807, 2.05) is 45.4 Å². The third kappa shape index (κ3) is 9.21. The maximum Gasteiger partial charge on any atom is 0.434 e. The first-order valence-electron chi connectivity index (χ1n) is 23.2. The van der Waals surface area contributed by atoms with Crippen molar-refractivity contribution >= 4 is 0 Å². The van der Waals surface area contributed by atoms with Gasteiger partial charge in [0.15, 0.2) is 5.69 Å². The number of aromatic nitrogens is 10. The number of halogens is 4. The number of hydrogen-bond acceptors (Lipinski definition) is 10. The summed E-state index contributed by atoms with van der Waals surface area (Å²) in [5.74, 6) is 6.22. The van der Waals surface area contributed by atoms with Crippen molar-refractivity contribution in [3.8, 4) is 0 Å². The molecule has 0 fully saturated rings. The number of rotatable bonds is 0. The molecule has 66 heavy (non-hydrogen) atoms. The molecule has 0 saturated carbocycles. The molecule has 12 atom stereocenters. The molecule has 0 aliphatic heterocycles. The van der Waals surface area contributed by atoms with Crippen LogP contribution in [-0.4, -0.2) is 49.8 Å². The Morgan fingerprint density at radius 3 is 1.38 bits per heavy atom. The summed E-state index contributed by atoms with van der Waals surface area (Å²) < 4.78 is 49.4. The molecule has 6 aliphatic rings. The lowest BCUT2D eigenvalue weighted by Gasteiger charge is -2.33. The zero-order valence-electron chi connectivity index (χ0n) is 40.3. The van der Waals surface area contributed by atoms with Crippen molar-refractivity contribution in [3.05, 3.63) is 153 Å². The van der Waals surface area contributed by atoms with Crippen molar-refractivity contribution < 1.29 is 17.6 Å². The van der Waals surface area contributed by atoms with Crippen LogP contribution in [0.3, 0.4) is 0 Å². The number of nitrogens with zero attached hydrogens (tertiary/aromatic N) is 10. The number of hydrogen-bond donors (Lipinski definition) is 0. The number of pyridine rings is 2. The molecule has 14 heteroatoms. The van der Waals surface area contributed by atoms with E-state index in [9.17, 15) is 17.6 Å². The Morgan fingerprint density at radius 1 is 0.409 bits per heavy atom. The van der Waals surface area contributed by atoms with Crippen LogP contribution in [0.2, 0.25) is 0 Å². The Kier molecular flexibility index (Phi) is 14.1. The van der Waals surface area contributed by atoms with E-state index in [0.717, 1.165) is 29.1 Å². The topological polar surface area (TPSA) is 129 Å². The Hall–Kier alpha value is -5.66. The van der Waals surface area contributed by atoms with Crippen LogP contribution in [-0.2, 0) is 6.18 Å². The van der Waals surface area contributed by atoms with Crippen LogP contribution in [0.15, 0.2) is 67.9 Å². The fourth-order valence-corrected chi connectivity index (χ4v) is 9.34. The lowest BCUT2D eigenvalue weighted by Crippen LogP contribution is -2.25. The van der Waals surface area contributed by atoms with Gasteiger partial charge in [0.25, 0.3) is 0 Å². The number of alkyl halides is 3. The maximum absolute atomic E-state index is 12.6. The second-order valence-electron chi connectivity index (χ2n) is 19.1. The largest absolute Gasteiger partial charge is 0.434 e. The van der Waals surface area contributed by atoms with Crippen molar-refractivity contribution in [2.75, 3.05) is 0 Å². The summed E-state index contributed by atoms with van der Waals surface area (Å²) in [6.45, 7) is 27.7. The third-order valence-corrected chi connectivity index (χ3v) is 15.2. The zero-order valence-corrected chi connectivity index (χ0v) is 40.3. The maximum atomic E-state index is 12.6. The van der Waals surface area contributed by atoms with Crippen molar-refractivity contribution in [2.24, 2.45) is 0 Å². The first kappa shape index (κ1) is 48.3. The van der Waals surface area contributed by atoms with Crippen molar-refractivity contribution in [3.63, 3.8) is 0 Å². The summed E-state index contributed by atoms with van der Waals surface area (Å²) in [5.41, 5.74) is 13.6. The first-order valence-corrected chi connectivity index (χ1v) is 23.2. The zero-order chi connectivity index (χ0) is 47.9. The average molecular weight is 903 g/mol. The van der Waals surface area contributed by atoms with E-state index in [1.54, 1.807) is 24.8 Å². The second kappa shape index (κ2) is 19.3. The molecule has 0 radical (unpaired) electrons. The summed E-state index contributed by atoms with van der Waals surface area (Å²) >= 11 is 0. The lowest BCUT2D eigenvalue weighted by atomic mass is 9.73. The Morgan fingerprint density at radius 2 is 0.833 bits per heavy atom. The van der Waals surface area contributed by atoms with Crippen LogP contribution in [0.5, 0.6) is 0 Å². The molecule has 0 N–H and O–H groups in total. The third-order valence-electron chi connectivity index (χ3n) is 15.2. The SMILES string of the molecule is CC1c2cc(F)cnc2C1C.CC1c2cccnc2C1C.CC1c2cncnc2C1C.CC1c2ncc(C(F)(F)F)nc2C1C.CC1c2nccnc2C1C.Cc1cnc2c(n1)C(C)C2C. The standard InChI is InChI=1S/C9H9F3N2.C9H10FN.C9H12N2.C9H11N.2C8H10N2/c1-4-5(2)8-7(4)13-3-6(14-8)9(10,11)12;1-5-6(2)9-8(5)3-7(10)4-11-9;1-5-4-10-8-6(2)7(3)9(8)11-5;1-6-7(2)9-8(6)4-3-5-10-9;1-5-6(2)8-7(5)3-9-4-10-8;1-5-6(2)8-7(5)9-3-4-10-8/h3-5H,1-2H3;3-6H,1-2H3;4,6-7H,1-3H3;3-7H,1-2H3;2*3-6H,1-2H3. The summed E-state index contributed by atoms with van der Waals surface area (Å²) in [4.78, 5) is 41.1. The van der Waals surface area contributed by atoms with Gasteiger partial charge in [-0.3, -0.25) is 34.9 Å². The molecule has 0 saturated heterocycles. The minimum absolute atomic E-state index is 0.0831. The number of aryl methyl sites for hydroxylation is 1. The summed E-state index contributed by atoms with van der Waals surface area (Å²) in [7, 11) is 0. The smallest absolute Gasteiger partial charge is 0.261 e. The molecule has 12 rings (SSSR count). The monoisotopic (exact) mass is 903 g/mol. The molecule has 6 heterocycles. The van der Waals surface area contributed by atoms with Gasteiger partial charge in [0.2, 0.25) is 0 Å². The van der Waals surface area contributed by atoms with E-state index in [0.29, 0.717) is 64.6 Å². The molecule has 0 aromatic carbocycles. The van der Waals surface area contributed by atoms with Crippen LogP contribution in [0.1, 0.15) is 233 Å². The van der Waals surface area contributed by atoms with Gasteiger partial charge >= 0.3 is 6.18 Å². The second-order valence-corrected chi connectivity index (χ2v) is 19.1. The van der Waals surface area contributed by atoms with E-state index < -0.39 is 11.9 Å². The summed E-state index contributed by atoms with van der Waals surface area (Å²) in [5, 5.41) is 0. The minimum Gasteiger partial charge on any atom is -0.261 e. The van der Waals surface area contributed by atoms with Gasteiger partial charge in [0.05, 0.1) is 57.9 Å². The molecule has 348 valence electrons. The Labute approximate surface area is 386 Å². The molecule has 0 bridgehead atoms. The predicted molar refractivity (Wildman–Crippen MR) is 247 cm³/mol. The van der Waals surface area contributed by atoms with Gasteiger partial charge in [-0.1, -0.05) is 89.2 Å². The van der Waals surface area contributed by atoms with Crippen LogP contribution >= 0.6 is 0 Å². The van der Waals surface area contributed by atoms with Gasteiger partial charge in [0.1, 0.15) is 12.1 Å². The highest BCUT2D eigenvalue weighted by molar-refractivity contribution is 5.40. The summed E-state index contributed by atoms with van der Waals surface area (Å²) in [6.07, 6.45) is 8.52. The van der Waals surface area contributed by atoms with Crippen LogP contribution in [0.25, 0.3) is 0 Å². The highest BCUT2D eigenvalue weighted by atomic mass is 19.4. The first-order chi connectivity index (χ1) is 31.2. The predicted octanol–water partition coefficient (Wildman–Crippen LogP) is 12.9. The molecular formula is C52H62F4N10. The Bertz CT molecular complexity index is 2400. The number of fused-ring (bicyclic) bond motifs is 6.